The molecular formula is C15H19N3S. The average molecular weight is 273 g/mol. The minimum absolute atomic E-state index is 0.512. The second-order valence-corrected chi connectivity index (χ2v) is 5.48. The third-order valence-electron chi connectivity index (χ3n) is 2.77. The van der Waals surface area contributed by atoms with Crippen molar-refractivity contribution in [1.82, 2.24) is 5.32 Å². The standard InChI is InChI=1S/C15H19N3S/c1-12-4-2-5-13(10-12)11-18-15(16)17-8-7-14-6-3-9-19-14/h2-6,9-10H,7-8,11H2,1H3,(H3,16,17,18). The van der Waals surface area contributed by atoms with Crippen LogP contribution in [0.1, 0.15) is 16.0 Å². The molecule has 0 atom stereocenters. The minimum Gasteiger partial charge on any atom is -0.370 e. The van der Waals surface area contributed by atoms with Gasteiger partial charge >= 0.3 is 0 Å². The van der Waals surface area contributed by atoms with Gasteiger partial charge in [0.25, 0.3) is 0 Å². The van der Waals surface area contributed by atoms with Crippen molar-refractivity contribution in [3.63, 3.8) is 0 Å². The molecule has 4 heteroatoms. The van der Waals surface area contributed by atoms with E-state index >= 15 is 0 Å². The zero-order chi connectivity index (χ0) is 13.5. The van der Waals surface area contributed by atoms with E-state index in [2.05, 4.69) is 52.9 Å². The molecule has 0 radical (unpaired) electrons. The summed E-state index contributed by atoms with van der Waals surface area (Å²) in [5.74, 6) is 0.512. The summed E-state index contributed by atoms with van der Waals surface area (Å²) < 4.78 is 0. The van der Waals surface area contributed by atoms with Crippen LogP contribution in [0.25, 0.3) is 0 Å². The summed E-state index contributed by atoms with van der Waals surface area (Å²) in [7, 11) is 0. The third-order valence-corrected chi connectivity index (χ3v) is 3.71. The highest BCUT2D eigenvalue weighted by Gasteiger charge is 1.96. The van der Waals surface area contributed by atoms with Gasteiger partial charge in [0.2, 0.25) is 0 Å². The number of hydrogen-bond donors (Lipinski definition) is 2. The molecule has 0 unspecified atom stereocenters. The molecule has 100 valence electrons. The van der Waals surface area contributed by atoms with Gasteiger partial charge in [-0.1, -0.05) is 35.9 Å². The van der Waals surface area contributed by atoms with E-state index in [4.69, 9.17) is 5.73 Å². The van der Waals surface area contributed by atoms with Gasteiger partial charge in [-0.2, -0.15) is 0 Å². The lowest BCUT2D eigenvalue weighted by Gasteiger charge is -2.05. The maximum atomic E-state index is 5.84. The largest absolute Gasteiger partial charge is 0.370 e. The fourth-order valence-corrected chi connectivity index (χ4v) is 2.52. The predicted molar refractivity (Wildman–Crippen MR) is 82.5 cm³/mol. The van der Waals surface area contributed by atoms with E-state index in [1.54, 1.807) is 11.3 Å². The highest BCUT2D eigenvalue weighted by molar-refractivity contribution is 7.09. The Hall–Kier alpha value is -1.81. The predicted octanol–water partition coefficient (Wildman–Crippen LogP) is 2.70. The molecule has 1 aromatic heterocycles. The van der Waals surface area contributed by atoms with Crippen LogP contribution in [0.2, 0.25) is 0 Å². The van der Waals surface area contributed by atoms with Crippen LogP contribution in [0, 0.1) is 6.92 Å². The van der Waals surface area contributed by atoms with Crippen LogP contribution < -0.4 is 11.1 Å². The first-order chi connectivity index (χ1) is 9.24. The van der Waals surface area contributed by atoms with Crippen molar-refractivity contribution in [3.8, 4) is 0 Å². The molecule has 0 aliphatic carbocycles. The smallest absolute Gasteiger partial charge is 0.188 e. The van der Waals surface area contributed by atoms with Gasteiger partial charge in [0, 0.05) is 11.4 Å². The Morgan fingerprint density at radius 1 is 1.32 bits per heavy atom. The summed E-state index contributed by atoms with van der Waals surface area (Å²) in [6, 6.07) is 12.5. The first-order valence-electron chi connectivity index (χ1n) is 6.36. The molecule has 0 amide bonds. The number of rotatable bonds is 5. The molecular weight excluding hydrogens is 254 g/mol. The van der Waals surface area contributed by atoms with E-state index in [-0.39, 0.29) is 0 Å². The lowest BCUT2D eigenvalue weighted by molar-refractivity contribution is 0.857. The summed E-state index contributed by atoms with van der Waals surface area (Å²) in [5.41, 5.74) is 8.27. The van der Waals surface area contributed by atoms with Gasteiger partial charge in [0.05, 0.1) is 6.54 Å². The number of guanidine groups is 1. The molecule has 0 spiro atoms. The summed E-state index contributed by atoms with van der Waals surface area (Å²) in [5, 5.41) is 5.23. The van der Waals surface area contributed by atoms with Gasteiger partial charge in [-0.15, -0.1) is 11.3 Å². The van der Waals surface area contributed by atoms with Crippen molar-refractivity contribution < 1.29 is 0 Å². The summed E-state index contributed by atoms with van der Waals surface area (Å²) in [4.78, 5) is 5.70. The Balaban J connectivity index is 1.76. The molecule has 0 aliphatic rings. The molecule has 0 fully saturated rings. The number of aliphatic imine (C=N–C) groups is 1. The van der Waals surface area contributed by atoms with Crippen LogP contribution in [-0.2, 0) is 13.0 Å². The van der Waals surface area contributed by atoms with Crippen LogP contribution in [0.3, 0.4) is 0 Å². The molecule has 1 heterocycles. The maximum Gasteiger partial charge on any atom is 0.188 e. The number of hydrogen-bond acceptors (Lipinski definition) is 2. The fraction of sp³-hybridized carbons (Fsp3) is 0.267. The van der Waals surface area contributed by atoms with Gasteiger partial charge in [0.1, 0.15) is 0 Å². The van der Waals surface area contributed by atoms with Crippen LogP contribution in [0.4, 0.5) is 0 Å². The number of aryl methyl sites for hydroxylation is 1. The number of thiophene rings is 1. The van der Waals surface area contributed by atoms with Crippen LogP contribution in [-0.4, -0.2) is 12.5 Å². The lowest BCUT2D eigenvalue weighted by Crippen LogP contribution is -2.33. The molecule has 19 heavy (non-hydrogen) atoms. The number of nitrogens with zero attached hydrogens (tertiary/aromatic N) is 1. The van der Waals surface area contributed by atoms with E-state index in [9.17, 15) is 0 Å². The van der Waals surface area contributed by atoms with Crippen molar-refractivity contribution in [2.45, 2.75) is 19.9 Å². The van der Waals surface area contributed by atoms with Crippen LogP contribution in [0.5, 0.6) is 0 Å². The van der Waals surface area contributed by atoms with Gasteiger partial charge in [-0.05, 0) is 30.4 Å². The molecule has 0 saturated heterocycles. The molecule has 2 rings (SSSR count). The number of nitrogens with one attached hydrogen (secondary N) is 1. The molecule has 3 N–H and O–H groups in total. The zero-order valence-electron chi connectivity index (χ0n) is 11.1. The number of nitrogens with two attached hydrogens (primary N) is 1. The molecule has 0 bridgehead atoms. The SMILES string of the molecule is Cc1cccc(CN=C(N)NCCc2cccs2)c1. The van der Waals surface area contributed by atoms with Gasteiger partial charge in [0.15, 0.2) is 5.96 Å². The van der Waals surface area contributed by atoms with Crippen molar-refractivity contribution in [3.05, 3.63) is 57.8 Å². The minimum atomic E-state index is 0.512. The Bertz CT molecular complexity index is 532. The summed E-state index contributed by atoms with van der Waals surface area (Å²) >= 11 is 1.77. The van der Waals surface area contributed by atoms with Gasteiger partial charge in [-0.25, -0.2) is 4.99 Å². The van der Waals surface area contributed by atoms with E-state index in [0.717, 1.165) is 13.0 Å². The second-order valence-electron chi connectivity index (χ2n) is 4.45. The second kappa shape index (κ2) is 6.95. The number of benzene rings is 1. The van der Waals surface area contributed by atoms with E-state index in [0.29, 0.717) is 12.5 Å². The first kappa shape index (κ1) is 13.6. The van der Waals surface area contributed by atoms with Crippen molar-refractivity contribution in [1.29, 1.82) is 0 Å². The summed E-state index contributed by atoms with van der Waals surface area (Å²) in [6.07, 6.45) is 0.984. The quantitative estimate of drug-likeness (QED) is 0.650. The highest BCUT2D eigenvalue weighted by atomic mass is 32.1. The topological polar surface area (TPSA) is 50.4 Å². The monoisotopic (exact) mass is 273 g/mol. The Kier molecular flexibility index (Phi) is 4.98. The molecule has 3 nitrogen and oxygen atoms in total. The van der Waals surface area contributed by atoms with Gasteiger partial charge in [-0.3, -0.25) is 0 Å². The van der Waals surface area contributed by atoms with Crippen LogP contribution >= 0.6 is 11.3 Å². The zero-order valence-corrected chi connectivity index (χ0v) is 11.9. The van der Waals surface area contributed by atoms with E-state index in [1.807, 2.05) is 6.07 Å². The molecule has 2 aromatic rings. The fourth-order valence-electron chi connectivity index (χ4n) is 1.81. The Morgan fingerprint density at radius 3 is 2.95 bits per heavy atom. The van der Waals surface area contributed by atoms with Crippen molar-refractivity contribution >= 4 is 17.3 Å². The highest BCUT2D eigenvalue weighted by Crippen LogP contribution is 2.08. The summed E-state index contributed by atoms with van der Waals surface area (Å²) in [6.45, 7) is 3.53. The van der Waals surface area contributed by atoms with Crippen molar-refractivity contribution in [2.24, 2.45) is 10.7 Å². The third kappa shape index (κ3) is 4.75. The molecule has 0 saturated carbocycles. The lowest BCUT2D eigenvalue weighted by atomic mass is 10.1. The molecule has 0 aliphatic heterocycles. The first-order valence-corrected chi connectivity index (χ1v) is 7.24. The maximum absolute atomic E-state index is 5.84. The van der Waals surface area contributed by atoms with Crippen molar-refractivity contribution in [2.75, 3.05) is 6.54 Å². The van der Waals surface area contributed by atoms with Crippen LogP contribution in [0.15, 0.2) is 46.8 Å². The Morgan fingerprint density at radius 2 is 2.21 bits per heavy atom. The average Bonchev–Trinajstić information content (AvgIpc) is 2.90. The van der Waals surface area contributed by atoms with E-state index < -0.39 is 0 Å². The van der Waals surface area contributed by atoms with E-state index in [1.165, 1.54) is 16.0 Å². The molecule has 1 aromatic carbocycles. The Labute approximate surface area is 118 Å². The van der Waals surface area contributed by atoms with Gasteiger partial charge < -0.3 is 11.1 Å². The normalized spacial score (nSPS) is 11.5.